The van der Waals surface area contributed by atoms with Gasteiger partial charge in [-0.05, 0) is 18.1 Å². The lowest BCUT2D eigenvalue weighted by Crippen LogP contribution is -2.40. The summed E-state index contributed by atoms with van der Waals surface area (Å²) in [5.74, 6) is -0.0288. The molecule has 1 heterocycles. The molecule has 0 bridgehead atoms. The summed E-state index contributed by atoms with van der Waals surface area (Å²) in [4.78, 5) is 14.7. The Bertz CT molecular complexity index is 926. The highest BCUT2D eigenvalue weighted by Crippen LogP contribution is 2.44. The van der Waals surface area contributed by atoms with Gasteiger partial charge in [0.1, 0.15) is 0 Å². The van der Waals surface area contributed by atoms with Gasteiger partial charge < -0.3 is 9.46 Å². The van der Waals surface area contributed by atoms with Gasteiger partial charge in [-0.2, -0.15) is 0 Å². The van der Waals surface area contributed by atoms with Gasteiger partial charge in [0, 0.05) is 22.7 Å². The standard InChI is InChI=1S/C22H20NO2P/c24-22-21-14-8-7-9-18(21)15-16-23(22)17-26(25,19-10-3-1-4-11-19)20-12-5-2-6-13-20/h1-14H,15-17H2. The smallest absolute Gasteiger partial charge is 0.254 e. The van der Waals surface area contributed by atoms with Crippen LogP contribution in [0, 0.1) is 0 Å². The Balaban J connectivity index is 1.73. The zero-order chi connectivity index (χ0) is 18.0. The molecular formula is C22H20NO2P. The molecule has 26 heavy (non-hydrogen) atoms. The molecule has 0 saturated heterocycles. The van der Waals surface area contributed by atoms with Crippen molar-refractivity contribution in [2.45, 2.75) is 6.42 Å². The van der Waals surface area contributed by atoms with Gasteiger partial charge in [0.2, 0.25) is 0 Å². The van der Waals surface area contributed by atoms with Crippen LogP contribution in [-0.2, 0) is 11.0 Å². The molecule has 0 radical (unpaired) electrons. The molecular weight excluding hydrogens is 341 g/mol. The van der Waals surface area contributed by atoms with Crippen LogP contribution in [0.4, 0.5) is 0 Å². The monoisotopic (exact) mass is 361 g/mol. The maximum Gasteiger partial charge on any atom is 0.254 e. The van der Waals surface area contributed by atoms with Crippen LogP contribution in [0.5, 0.6) is 0 Å². The van der Waals surface area contributed by atoms with Crippen LogP contribution in [0.25, 0.3) is 0 Å². The Morgan fingerprint density at radius 1 is 0.769 bits per heavy atom. The Labute approximate surface area is 153 Å². The number of hydrogen-bond donors (Lipinski definition) is 0. The topological polar surface area (TPSA) is 37.4 Å². The van der Waals surface area contributed by atoms with Gasteiger partial charge in [-0.3, -0.25) is 4.79 Å². The first-order valence-corrected chi connectivity index (χ1v) is 10.7. The number of carbonyl (C=O) groups excluding carboxylic acids is 1. The molecule has 0 aromatic heterocycles. The minimum absolute atomic E-state index is 0.0288. The van der Waals surface area contributed by atoms with Crippen molar-refractivity contribution in [2.24, 2.45) is 0 Å². The van der Waals surface area contributed by atoms with Gasteiger partial charge in [0.15, 0.2) is 7.14 Å². The number of fused-ring (bicyclic) bond motifs is 1. The highest BCUT2D eigenvalue weighted by atomic mass is 31.2. The van der Waals surface area contributed by atoms with Crippen molar-refractivity contribution < 1.29 is 9.36 Å². The molecule has 1 aliphatic heterocycles. The number of benzene rings is 3. The zero-order valence-electron chi connectivity index (χ0n) is 14.4. The summed E-state index contributed by atoms with van der Waals surface area (Å²) in [5, 5.41) is 1.58. The van der Waals surface area contributed by atoms with E-state index in [9.17, 15) is 9.36 Å². The van der Waals surface area contributed by atoms with Crippen molar-refractivity contribution in [3.05, 3.63) is 96.1 Å². The van der Waals surface area contributed by atoms with E-state index in [1.165, 1.54) is 0 Å². The normalized spacial score (nSPS) is 14.2. The maximum absolute atomic E-state index is 14.1. The highest BCUT2D eigenvalue weighted by molar-refractivity contribution is 7.78. The summed E-state index contributed by atoms with van der Waals surface area (Å²) < 4.78 is 14.1. The van der Waals surface area contributed by atoms with E-state index in [2.05, 4.69) is 0 Å². The number of nitrogens with zero attached hydrogens (tertiary/aromatic N) is 1. The van der Waals surface area contributed by atoms with Gasteiger partial charge in [0.25, 0.3) is 5.91 Å². The van der Waals surface area contributed by atoms with Crippen molar-refractivity contribution in [2.75, 3.05) is 12.8 Å². The predicted molar refractivity (Wildman–Crippen MR) is 106 cm³/mol. The van der Waals surface area contributed by atoms with Gasteiger partial charge >= 0.3 is 0 Å². The zero-order valence-corrected chi connectivity index (χ0v) is 15.3. The van der Waals surface area contributed by atoms with Gasteiger partial charge in [-0.1, -0.05) is 78.9 Å². The lowest BCUT2D eigenvalue weighted by molar-refractivity contribution is 0.0768. The lowest BCUT2D eigenvalue weighted by atomic mass is 10.00. The third-order valence-electron chi connectivity index (χ3n) is 4.90. The summed E-state index contributed by atoms with van der Waals surface area (Å²) in [5.41, 5.74) is 1.80. The second kappa shape index (κ2) is 6.93. The fraction of sp³-hybridized carbons (Fsp3) is 0.136. The minimum atomic E-state index is -2.94. The molecule has 3 nitrogen and oxygen atoms in total. The quantitative estimate of drug-likeness (QED) is 0.665. The van der Waals surface area contributed by atoms with Gasteiger partial charge in [-0.25, -0.2) is 0 Å². The molecule has 3 aromatic rings. The molecule has 0 N–H and O–H groups in total. The Kier molecular flexibility index (Phi) is 4.48. The maximum atomic E-state index is 14.1. The first-order valence-electron chi connectivity index (χ1n) is 8.76. The molecule has 1 aliphatic rings. The minimum Gasteiger partial charge on any atom is -0.330 e. The van der Waals surface area contributed by atoms with E-state index < -0.39 is 7.14 Å². The molecule has 130 valence electrons. The molecule has 0 aliphatic carbocycles. The first-order chi connectivity index (χ1) is 12.7. The fourth-order valence-electron chi connectivity index (χ4n) is 3.50. The van der Waals surface area contributed by atoms with E-state index in [-0.39, 0.29) is 12.2 Å². The van der Waals surface area contributed by atoms with Crippen LogP contribution >= 0.6 is 7.14 Å². The van der Waals surface area contributed by atoms with E-state index in [0.29, 0.717) is 6.54 Å². The second-order valence-corrected chi connectivity index (χ2v) is 9.32. The first kappa shape index (κ1) is 16.8. The van der Waals surface area contributed by atoms with Gasteiger partial charge in [0.05, 0.1) is 6.29 Å². The highest BCUT2D eigenvalue weighted by Gasteiger charge is 2.34. The Morgan fingerprint density at radius 2 is 1.31 bits per heavy atom. The van der Waals surface area contributed by atoms with Crippen LogP contribution < -0.4 is 10.6 Å². The van der Waals surface area contributed by atoms with Crippen LogP contribution in [0.3, 0.4) is 0 Å². The van der Waals surface area contributed by atoms with Crippen LogP contribution in [0.15, 0.2) is 84.9 Å². The summed E-state index contributed by atoms with van der Waals surface area (Å²) >= 11 is 0. The average Bonchev–Trinajstić information content (AvgIpc) is 2.71. The van der Waals surface area contributed by atoms with Crippen LogP contribution in [0.1, 0.15) is 15.9 Å². The molecule has 1 amide bonds. The van der Waals surface area contributed by atoms with Crippen molar-refractivity contribution in [3.8, 4) is 0 Å². The van der Waals surface area contributed by atoms with Crippen molar-refractivity contribution in [3.63, 3.8) is 0 Å². The second-order valence-electron chi connectivity index (χ2n) is 6.53. The largest absolute Gasteiger partial charge is 0.330 e. The number of amides is 1. The third-order valence-corrected chi connectivity index (χ3v) is 7.91. The molecule has 0 unspecified atom stereocenters. The predicted octanol–water partition coefficient (Wildman–Crippen LogP) is 3.66. The number of carbonyl (C=O) groups is 1. The lowest BCUT2D eigenvalue weighted by Gasteiger charge is -2.32. The molecule has 4 heteroatoms. The van der Waals surface area contributed by atoms with E-state index in [4.69, 9.17) is 0 Å². The summed E-state index contributed by atoms with van der Waals surface area (Å²) in [6.45, 7) is 0.597. The third kappa shape index (κ3) is 3.00. The molecule has 4 rings (SSSR count). The fourth-order valence-corrected chi connectivity index (χ4v) is 6.18. The SMILES string of the molecule is O=C1c2ccccc2CCN1CP(=O)(c1ccccc1)c1ccccc1. The van der Waals surface area contributed by atoms with Crippen molar-refractivity contribution in [1.29, 1.82) is 0 Å². The van der Waals surface area contributed by atoms with E-state index in [0.717, 1.165) is 28.2 Å². The Morgan fingerprint density at radius 3 is 1.92 bits per heavy atom. The van der Waals surface area contributed by atoms with Crippen molar-refractivity contribution in [1.82, 2.24) is 4.90 Å². The summed E-state index contributed by atoms with van der Waals surface area (Å²) in [7, 11) is -2.94. The van der Waals surface area contributed by atoms with E-state index in [1.54, 1.807) is 4.90 Å². The van der Waals surface area contributed by atoms with E-state index >= 15 is 0 Å². The molecule has 0 spiro atoms. The molecule has 0 saturated carbocycles. The van der Waals surface area contributed by atoms with Crippen LogP contribution in [-0.4, -0.2) is 23.6 Å². The van der Waals surface area contributed by atoms with E-state index in [1.807, 2.05) is 84.9 Å². The van der Waals surface area contributed by atoms with Crippen LogP contribution in [0.2, 0.25) is 0 Å². The summed E-state index contributed by atoms with van der Waals surface area (Å²) in [6, 6.07) is 26.7. The number of hydrogen-bond acceptors (Lipinski definition) is 2. The number of rotatable bonds is 4. The molecule has 0 fully saturated rings. The summed E-state index contributed by atoms with van der Waals surface area (Å²) in [6.07, 6.45) is 1.03. The Hall–Kier alpha value is -2.64. The molecule has 3 aromatic carbocycles. The molecule has 0 atom stereocenters. The van der Waals surface area contributed by atoms with Crippen molar-refractivity contribution >= 4 is 23.7 Å². The van der Waals surface area contributed by atoms with Gasteiger partial charge in [-0.15, -0.1) is 0 Å². The average molecular weight is 361 g/mol.